The summed E-state index contributed by atoms with van der Waals surface area (Å²) in [7, 11) is 5.12. The lowest BCUT2D eigenvalue weighted by Gasteiger charge is -2.38. The van der Waals surface area contributed by atoms with Crippen molar-refractivity contribution in [2.75, 3.05) is 31.7 Å². The van der Waals surface area contributed by atoms with Gasteiger partial charge in [-0.25, -0.2) is 19.6 Å². The highest BCUT2D eigenvalue weighted by Gasteiger charge is 2.40. The summed E-state index contributed by atoms with van der Waals surface area (Å²) in [6.45, 7) is 6.41. The number of methoxy groups -OCH3 is 1. The Balaban J connectivity index is 0.000000192. The number of rotatable bonds is 8. The molecule has 0 radical (unpaired) electrons. The van der Waals surface area contributed by atoms with Gasteiger partial charge in [-0.1, -0.05) is 30.3 Å². The van der Waals surface area contributed by atoms with E-state index in [1.54, 1.807) is 49.2 Å². The number of aromatic nitrogens is 10. The second-order valence-electron chi connectivity index (χ2n) is 17.4. The first-order valence-corrected chi connectivity index (χ1v) is 21.4. The molecule has 1 aromatic carbocycles. The molecule has 1 amide bonds. The minimum Gasteiger partial charge on any atom is -0.468 e. The van der Waals surface area contributed by atoms with Gasteiger partial charge in [-0.05, 0) is 52.0 Å². The number of esters is 2. The SMILES string of the molecule is COC(=O)[C@@H]1CC[C@H](c2cc(N)n3ncc(-c4cnn(C)c4)c3n2)CN1.Cn1cc(-c2cnn3c(N)cc([C@H]4CC[C@@H](C(=O)OC(C)(C)C)N(C(=O)OCc5ccccc5)C4)nc23)cn1. The average Bonchev–Trinajstić information content (AvgIpc) is 4.12. The van der Waals surface area contributed by atoms with Crippen LogP contribution >= 0.6 is 0 Å². The third-order valence-electron chi connectivity index (χ3n) is 11.5. The second-order valence-corrected chi connectivity index (χ2v) is 17.4. The van der Waals surface area contributed by atoms with Gasteiger partial charge in [-0.3, -0.25) is 19.1 Å². The van der Waals surface area contributed by atoms with Crippen LogP contribution in [0.3, 0.4) is 0 Å². The summed E-state index contributed by atoms with van der Waals surface area (Å²) in [5, 5.41) is 20.5. The van der Waals surface area contributed by atoms with Crippen LogP contribution in [0.25, 0.3) is 33.5 Å². The quantitative estimate of drug-likeness (QED) is 0.139. The number of nitrogens with two attached hydrogens (primary N) is 2. The van der Waals surface area contributed by atoms with Crippen LogP contribution in [0.5, 0.6) is 0 Å². The topological polar surface area (TPSA) is 242 Å². The van der Waals surface area contributed by atoms with Gasteiger partial charge in [0.15, 0.2) is 11.3 Å². The van der Waals surface area contributed by atoms with E-state index in [0.29, 0.717) is 54.4 Å². The Bertz CT molecular complexity index is 2820. The molecule has 0 unspecified atom stereocenters. The molecule has 2 saturated heterocycles. The van der Waals surface area contributed by atoms with Gasteiger partial charge in [0.2, 0.25) is 0 Å². The number of nitrogens with zero attached hydrogens (tertiary/aromatic N) is 11. The maximum absolute atomic E-state index is 13.3. The van der Waals surface area contributed by atoms with Gasteiger partial charge < -0.3 is 31.0 Å². The van der Waals surface area contributed by atoms with Crippen LogP contribution in [-0.4, -0.2) is 110 Å². The normalized spacial score (nSPS) is 18.8. The molecule has 65 heavy (non-hydrogen) atoms. The number of amides is 1. The van der Waals surface area contributed by atoms with Crippen molar-refractivity contribution in [3.05, 3.63) is 96.6 Å². The number of ether oxygens (including phenoxy) is 3. The highest BCUT2D eigenvalue weighted by Crippen LogP contribution is 2.34. The number of piperidine rings is 2. The number of benzene rings is 1. The highest BCUT2D eigenvalue weighted by molar-refractivity contribution is 5.82. The molecule has 20 nitrogen and oxygen atoms in total. The first kappa shape index (κ1) is 44.3. The summed E-state index contributed by atoms with van der Waals surface area (Å²) in [6.07, 6.45) is 12.8. The summed E-state index contributed by atoms with van der Waals surface area (Å²) >= 11 is 0. The molecule has 7 aromatic rings. The molecule has 0 spiro atoms. The standard InChI is InChI=1S/C28H33N7O4.C17H21N7O2/c1-28(2,3)39-26(36)23-11-10-19(16-34(23)27(37)38-17-18-8-6-5-7-9-18)22-12-24(29)35-25(32-22)21(14-31-35)20-13-30-33(4)15-20;1-23-9-11(7-20-23)12-8-21-24-15(18)5-14(22-16(12)24)10-3-4-13(19-6-10)17(25)26-2/h5-9,12-15,19,23H,10-11,16-17,29H2,1-4H3;5,7-10,13,19H,3-4,6,18H2,1-2H3/t19-,23-;10-,13-/m00/s1. The average molecular weight is 887 g/mol. The van der Waals surface area contributed by atoms with Gasteiger partial charge in [0.1, 0.15) is 35.9 Å². The van der Waals surface area contributed by atoms with Crippen molar-refractivity contribution in [3.63, 3.8) is 0 Å². The van der Waals surface area contributed by atoms with E-state index in [2.05, 4.69) is 25.7 Å². The van der Waals surface area contributed by atoms with E-state index in [1.165, 1.54) is 12.0 Å². The van der Waals surface area contributed by atoms with E-state index in [4.69, 9.17) is 35.6 Å². The van der Waals surface area contributed by atoms with E-state index in [9.17, 15) is 14.4 Å². The molecule has 9 rings (SSSR count). The Morgan fingerprint density at radius 1 is 0.754 bits per heavy atom. The molecular weight excluding hydrogens is 833 g/mol. The number of carbonyl (C=O) groups excluding carboxylic acids is 3. The van der Waals surface area contributed by atoms with Crippen molar-refractivity contribution in [1.29, 1.82) is 0 Å². The van der Waals surface area contributed by atoms with Gasteiger partial charge in [0.25, 0.3) is 0 Å². The van der Waals surface area contributed by atoms with E-state index in [0.717, 1.165) is 39.9 Å². The van der Waals surface area contributed by atoms with E-state index in [-0.39, 0.29) is 37.0 Å². The maximum atomic E-state index is 13.3. The lowest BCUT2D eigenvalue weighted by molar-refractivity contribution is -0.162. The Kier molecular flexibility index (Phi) is 12.5. The van der Waals surface area contributed by atoms with Crippen LogP contribution in [0.15, 0.2) is 79.6 Å². The fraction of sp³-hybridized carbons (Fsp3) is 0.400. The number of hydrogen-bond acceptors (Lipinski definition) is 15. The number of nitrogen functional groups attached to an aromatic ring is 2. The number of likely N-dealkylation sites (tertiary alicyclic amines) is 1. The number of fused-ring (bicyclic) bond motifs is 2. The molecule has 8 heterocycles. The first-order chi connectivity index (χ1) is 31.1. The van der Waals surface area contributed by atoms with Crippen molar-refractivity contribution in [2.24, 2.45) is 14.1 Å². The molecular formula is C45H54N14O6. The van der Waals surface area contributed by atoms with Crippen LogP contribution in [-0.2, 0) is 44.5 Å². The van der Waals surface area contributed by atoms with E-state index >= 15 is 0 Å². The lowest BCUT2D eigenvalue weighted by atomic mass is 9.90. The molecule has 20 heteroatoms. The van der Waals surface area contributed by atoms with Crippen molar-refractivity contribution in [3.8, 4) is 22.3 Å². The fourth-order valence-corrected chi connectivity index (χ4v) is 8.24. The molecule has 340 valence electrons. The third-order valence-corrected chi connectivity index (χ3v) is 11.5. The Morgan fingerprint density at radius 2 is 1.32 bits per heavy atom. The van der Waals surface area contributed by atoms with Gasteiger partial charge in [-0.2, -0.15) is 29.4 Å². The van der Waals surface area contributed by atoms with Crippen molar-refractivity contribution >= 4 is 41.0 Å². The Hall–Kier alpha value is -7.35. The largest absolute Gasteiger partial charge is 0.468 e. The first-order valence-electron chi connectivity index (χ1n) is 21.4. The lowest BCUT2D eigenvalue weighted by Crippen LogP contribution is -2.52. The molecule has 6 aromatic heterocycles. The van der Waals surface area contributed by atoms with Gasteiger partial charge in [-0.15, -0.1) is 0 Å². The zero-order chi connectivity index (χ0) is 46.0. The number of hydrogen-bond donors (Lipinski definition) is 3. The zero-order valence-electron chi connectivity index (χ0n) is 37.3. The summed E-state index contributed by atoms with van der Waals surface area (Å²) in [6, 6.07) is 12.0. The molecule has 4 atom stereocenters. The van der Waals surface area contributed by atoms with Crippen LogP contribution in [0.2, 0.25) is 0 Å². The van der Waals surface area contributed by atoms with Crippen molar-refractivity contribution in [2.45, 2.75) is 82.6 Å². The van der Waals surface area contributed by atoms with Crippen molar-refractivity contribution < 1.29 is 28.6 Å². The molecule has 2 fully saturated rings. The van der Waals surface area contributed by atoms with Crippen LogP contribution in [0.4, 0.5) is 16.4 Å². The summed E-state index contributed by atoms with van der Waals surface area (Å²) in [4.78, 5) is 49.3. The number of aryl methyl sites for hydroxylation is 2. The Morgan fingerprint density at radius 3 is 1.83 bits per heavy atom. The van der Waals surface area contributed by atoms with Gasteiger partial charge >= 0.3 is 18.0 Å². The molecule has 5 N–H and O–H groups in total. The van der Waals surface area contributed by atoms with Gasteiger partial charge in [0, 0.05) is 85.8 Å². The summed E-state index contributed by atoms with van der Waals surface area (Å²) in [5.41, 5.74) is 19.2. The fourth-order valence-electron chi connectivity index (χ4n) is 8.24. The number of anilines is 2. The smallest absolute Gasteiger partial charge is 0.410 e. The third kappa shape index (κ3) is 9.76. The summed E-state index contributed by atoms with van der Waals surface area (Å²) < 4.78 is 22.8. The van der Waals surface area contributed by atoms with Crippen molar-refractivity contribution in [1.82, 2.24) is 59.0 Å². The molecule has 0 aliphatic carbocycles. The van der Waals surface area contributed by atoms with Crippen LogP contribution in [0.1, 0.15) is 75.2 Å². The molecule has 2 aliphatic rings. The van der Waals surface area contributed by atoms with Gasteiger partial charge in [0.05, 0.1) is 43.3 Å². The minimum absolute atomic E-state index is 0.101. The molecule has 0 bridgehead atoms. The number of carbonyl (C=O) groups is 3. The predicted molar refractivity (Wildman–Crippen MR) is 240 cm³/mol. The Labute approximate surface area is 374 Å². The monoisotopic (exact) mass is 886 g/mol. The minimum atomic E-state index is -0.759. The van der Waals surface area contributed by atoms with Crippen LogP contribution < -0.4 is 16.8 Å². The van der Waals surface area contributed by atoms with E-state index in [1.807, 2.05) is 83.7 Å². The molecule has 0 saturated carbocycles. The second kappa shape index (κ2) is 18.4. The van der Waals surface area contributed by atoms with Crippen LogP contribution in [0, 0.1) is 0 Å². The molecule has 2 aliphatic heterocycles. The predicted octanol–water partition coefficient (Wildman–Crippen LogP) is 4.66. The highest BCUT2D eigenvalue weighted by atomic mass is 16.6. The van der Waals surface area contributed by atoms with E-state index < -0.39 is 23.7 Å². The number of nitrogens with one attached hydrogen (secondary N) is 1. The summed E-state index contributed by atoms with van der Waals surface area (Å²) in [5.74, 6) is 0.306. The maximum Gasteiger partial charge on any atom is 0.410 e. The zero-order valence-corrected chi connectivity index (χ0v) is 37.3.